The lowest BCUT2D eigenvalue weighted by atomic mass is 10.1. The van der Waals surface area contributed by atoms with Crippen LogP contribution in [0.2, 0.25) is 0 Å². The first-order chi connectivity index (χ1) is 14.1. The van der Waals surface area contributed by atoms with Crippen molar-refractivity contribution in [2.45, 2.75) is 20.4 Å². The predicted octanol–water partition coefficient (Wildman–Crippen LogP) is 4.05. The van der Waals surface area contributed by atoms with Crippen LogP contribution in [0.4, 0.5) is 21.3 Å². The van der Waals surface area contributed by atoms with Crippen molar-refractivity contribution < 1.29 is 14.3 Å². The van der Waals surface area contributed by atoms with Crippen molar-refractivity contribution in [3.8, 4) is 11.3 Å². The van der Waals surface area contributed by atoms with Crippen LogP contribution in [0.5, 0.6) is 0 Å². The van der Waals surface area contributed by atoms with Crippen LogP contribution in [-0.2, 0) is 16.0 Å². The Labute approximate surface area is 173 Å². The smallest absolute Gasteiger partial charge is 0.414 e. The molecule has 29 heavy (non-hydrogen) atoms. The van der Waals surface area contributed by atoms with E-state index in [1.165, 1.54) is 0 Å². The van der Waals surface area contributed by atoms with Crippen molar-refractivity contribution >= 4 is 33.9 Å². The lowest BCUT2D eigenvalue weighted by molar-refractivity contribution is 0.136. The topological polar surface area (TPSA) is 81.5 Å². The highest BCUT2D eigenvalue weighted by atomic mass is 32.1. The monoisotopic (exact) mass is 413 g/mol. The van der Waals surface area contributed by atoms with E-state index in [-0.39, 0.29) is 6.09 Å². The van der Waals surface area contributed by atoms with Gasteiger partial charge in [0.05, 0.1) is 37.3 Å². The minimum absolute atomic E-state index is 0.293. The largest absolute Gasteiger partial charge is 0.447 e. The molecule has 8 nitrogen and oxygen atoms in total. The standard InChI is InChI=1S/C20H23N5O3S/c1-3-27-8-6-24-12-15(11-21-24)22-19-23-18(13-29-19)17-5-4-16(10-14(17)2)25-7-9-28-20(25)26/h4-5,10-13H,3,6-9H2,1-2H3,(H,22,23). The molecular weight excluding hydrogens is 390 g/mol. The van der Waals surface area contributed by atoms with Crippen LogP contribution in [-0.4, -0.2) is 47.2 Å². The van der Waals surface area contributed by atoms with Crippen LogP contribution in [0, 0.1) is 6.92 Å². The molecule has 1 aliphatic heterocycles. The summed E-state index contributed by atoms with van der Waals surface area (Å²) in [6, 6.07) is 5.93. The number of benzene rings is 1. The molecule has 0 spiro atoms. The van der Waals surface area contributed by atoms with Gasteiger partial charge in [-0.15, -0.1) is 11.3 Å². The molecule has 3 aromatic rings. The number of carbonyl (C=O) groups is 1. The minimum Gasteiger partial charge on any atom is -0.447 e. The van der Waals surface area contributed by atoms with E-state index < -0.39 is 0 Å². The van der Waals surface area contributed by atoms with Gasteiger partial charge in [-0.1, -0.05) is 6.07 Å². The number of ether oxygens (including phenoxy) is 2. The van der Waals surface area contributed by atoms with Gasteiger partial charge in [-0.05, 0) is 31.5 Å². The van der Waals surface area contributed by atoms with Gasteiger partial charge in [0.15, 0.2) is 5.13 Å². The number of thiazole rings is 1. The number of amides is 1. The summed E-state index contributed by atoms with van der Waals surface area (Å²) in [4.78, 5) is 18.1. The van der Waals surface area contributed by atoms with Crippen molar-refractivity contribution in [3.63, 3.8) is 0 Å². The minimum atomic E-state index is -0.293. The van der Waals surface area contributed by atoms with Gasteiger partial charge in [-0.25, -0.2) is 9.78 Å². The van der Waals surface area contributed by atoms with E-state index in [0.717, 1.165) is 39.9 Å². The third-order valence-corrected chi connectivity index (χ3v) is 5.37. The van der Waals surface area contributed by atoms with E-state index in [2.05, 4.69) is 10.4 Å². The summed E-state index contributed by atoms with van der Waals surface area (Å²) in [6.45, 7) is 7.08. The molecule has 2 aromatic heterocycles. The first-order valence-electron chi connectivity index (χ1n) is 9.52. The second kappa shape index (κ2) is 8.62. The highest BCUT2D eigenvalue weighted by Crippen LogP contribution is 2.31. The van der Waals surface area contributed by atoms with Gasteiger partial charge in [-0.2, -0.15) is 5.10 Å². The van der Waals surface area contributed by atoms with Crippen LogP contribution in [0.25, 0.3) is 11.3 Å². The maximum Gasteiger partial charge on any atom is 0.414 e. The Balaban J connectivity index is 1.44. The summed E-state index contributed by atoms with van der Waals surface area (Å²) >= 11 is 1.54. The second-order valence-corrected chi connectivity index (χ2v) is 7.48. The predicted molar refractivity (Wildman–Crippen MR) is 113 cm³/mol. The first kappa shape index (κ1) is 19.4. The molecule has 0 bridgehead atoms. The van der Waals surface area contributed by atoms with Crippen molar-refractivity contribution in [1.29, 1.82) is 0 Å². The van der Waals surface area contributed by atoms with E-state index in [4.69, 9.17) is 14.5 Å². The fourth-order valence-electron chi connectivity index (χ4n) is 3.16. The van der Waals surface area contributed by atoms with Gasteiger partial charge < -0.3 is 14.8 Å². The first-order valence-corrected chi connectivity index (χ1v) is 10.4. The lowest BCUT2D eigenvalue weighted by Gasteiger charge is -2.14. The van der Waals surface area contributed by atoms with Crippen LogP contribution in [0.3, 0.4) is 0 Å². The van der Waals surface area contributed by atoms with Crippen LogP contribution >= 0.6 is 11.3 Å². The molecule has 1 aliphatic rings. The Morgan fingerprint density at radius 1 is 1.38 bits per heavy atom. The molecule has 152 valence electrons. The molecule has 1 fully saturated rings. The van der Waals surface area contributed by atoms with Gasteiger partial charge in [0.25, 0.3) is 0 Å². The molecule has 0 atom stereocenters. The van der Waals surface area contributed by atoms with Crippen LogP contribution < -0.4 is 10.2 Å². The van der Waals surface area contributed by atoms with E-state index in [9.17, 15) is 4.79 Å². The van der Waals surface area contributed by atoms with E-state index in [1.54, 1.807) is 22.4 Å². The SMILES string of the molecule is CCOCCn1cc(Nc2nc(-c3ccc(N4CCOC4=O)cc3C)cs2)cn1. The summed E-state index contributed by atoms with van der Waals surface area (Å²) in [7, 11) is 0. The van der Waals surface area contributed by atoms with Gasteiger partial charge in [-0.3, -0.25) is 9.58 Å². The molecule has 0 unspecified atom stereocenters. The number of aryl methyl sites for hydroxylation is 1. The van der Waals surface area contributed by atoms with E-state index >= 15 is 0 Å². The summed E-state index contributed by atoms with van der Waals surface area (Å²) in [6.07, 6.45) is 3.43. The number of hydrogen-bond donors (Lipinski definition) is 1. The van der Waals surface area contributed by atoms with Crippen molar-refractivity contribution in [2.24, 2.45) is 0 Å². The van der Waals surface area contributed by atoms with Gasteiger partial charge in [0.1, 0.15) is 6.61 Å². The zero-order chi connectivity index (χ0) is 20.2. The lowest BCUT2D eigenvalue weighted by Crippen LogP contribution is -2.23. The number of nitrogens with one attached hydrogen (secondary N) is 1. The highest BCUT2D eigenvalue weighted by molar-refractivity contribution is 7.14. The molecule has 0 saturated carbocycles. The molecule has 0 radical (unpaired) electrons. The Morgan fingerprint density at radius 3 is 3.03 bits per heavy atom. The second-order valence-electron chi connectivity index (χ2n) is 6.62. The molecule has 4 rings (SSSR count). The number of anilines is 3. The zero-order valence-corrected chi connectivity index (χ0v) is 17.2. The Kier molecular flexibility index (Phi) is 5.77. The van der Waals surface area contributed by atoms with Crippen molar-refractivity contribution in [2.75, 3.05) is 36.6 Å². The van der Waals surface area contributed by atoms with E-state index in [0.29, 0.717) is 26.4 Å². The number of nitrogens with zero attached hydrogens (tertiary/aromatic N) is 4. The summed E-state index contributed by atoms with van der Waals surface area (Å²) in [5, 5.41) is 10.4. The van der Waals surface area contributed by atoms with Crippen molar-refractivity contribution in [1.82, 2.24) is 14.8 Å². The number of rotatable bonds is 8. The fourth-order valence-corrected chi connectivity index (χ4v) is 3.89. The average molecular weight is 414 g/mol. The Bertz CT molecular complexity index is 1000. The third kappa shape index (κ3) is 4.41. The maximum atomic E-state index is 11.8. The summed E-state index contributed by atoms with van der Waals surface area (Å²) < 4.78 is 12.2. The normalized spacial score (nSPS) is 13.7. The molecular formula is C20H23N5O3S. The van der Waals surface area contributed by atoms with Gasteiger partial charge >= 0.3 is 6.09 Å². The molecule has 0 aliphatic carbocycles. The maximum absolute atomic E-state index is 11.8. The molecule has 1 saturated heterocycles. The number of hydrogen-bond acceptors (Lipinski definition) is 7. The molecule has 3 heterocycles. The quantitative estimate of drug-likeness (QED) is 0.561. The van der Waals surface area contributed by atoms with Crippen LogP contribution in [0.1, 0.15) is 12.5 Å². The molecule has 1 N–H and O–H groups in total. The zero-order valence-electron chi connectivity index (χ0n) is 16.4. The van der Waals surface area contributed by atoms with E-state index in [1.807, 2.05) is 48.3 Å². The molecule has 9 heteroatoms. The average Bonchev–Trinajstić information content (AvgIpc) is 3.44. The highest BCUT2D eigenvalue weighted by Gasteiger charge is 2.24. The van der Waals surface area contributed by atoms with Crippen molar-refractivity contribution in [3.05, 3.63) is 41.5 Å². The van der Waals surface area contributed by atoms with Gasteiger partial charge in [0, 0.05) is 29.4 Å². The summed E-state index contributed by atoms with van der Waals surface area (Å²) in [5.41, 5.74) is 4.74. The van der Waals surface area contributed by atoms with Gasteiger partial charge in [0.2, 0.25) is 0 Å². The summed E-state index contributed by atoms with van der Waals surface area (Å²) in [5.74, 6) is 0. The Morgan fingerprint density at radius 2 is 2.28 bits per heavy atom. The van der Waals surface area contributed by atoms with Crippen LogP contribution in [0.15, 0.2) is 36.0 Å². The third-order valence-electron chi connectivity index (χ3n) is 4.62. The number of carbonyl (C=O) groups excluding carboxylic acids is 1. The molecule has 1 amide bonds. The number of aromatic nitrogens is 3. The fraction of sp³-hybridized carbons (Fsp3) is 0.350. The molecule has 1 aromatic carbocycles. The Hall–Kier alpha value is -2.91. The number of cyclic esters (lactones) is 1.